The van der Waals surface area contributed by atoms with E-state index in [1.807, 2.05) is 0 Å². The van der Waals surface area contributed by atoms with Gasteiger partial charge < -0.3 is 36.4 Å². The number of hydrogen-bond donors (Lipinski definition) is 6. The van der Waals surface area contributed by atoms with Crippen LogP contribution in [0.15, 0.2) is 0 Å². The van der Waals surface area contributed by atoms with Gasteiger partial charge in [0.2, 0.25) is 0 Å². The lowest BCUT2D eigenvalue weighted by Gasteiger charge is -2.36. The number of hydrogen-bond acceptors (Lipinski definition) is 7. The molecule has 5 atom stereocenters. The molecule has 0 bridgehead atoms. The average Bonchev–Trinajstić information content (AvgIpc) is 2.07. The van der Waals surface area contributed by atoms with Gasteiger partial charge in [0, 0.05) is 0 Å². The van der Waals surface area contributed by atoms with E-state index in [1.54, 1.807) is 0 Å². The molecule has 0 spiro atoms. The molecule has 1 aliphatic heterocycles. The van der Waals surface area contributed by atoms with Gasteiger partial charge >= 0.3 is 5.97 Å². The maximum absolute atomic E-state index is 10.4. The Labute approximate surface area is 78.9 Å². The van der Waals surface area contributed by atoms with Crippen LogP contribution in [0.5, 0.6) is 0 Å². The minimum absolute atomic E-state index is 0. The summed E-state index contributed by atoms with van der Waals surface area (Å²) >= 11 is 0. The van der Waals surface area contributed by atoms with Gasteiger partial charge in [0.25, 0.3) is 0 Å². The molecule has 0 aromatic rings. The van der Waals surface area contributed by atoms with Gasteiger partial charge in [0.15, 0.2) is 12.4 Å². The first kappa shape index (κ1) is 13.2. The van der Waals surface area contributed by atoms with E-state index in [4.69, 9.17) is 25.5 Å². The van der Waals surface area contributed by atoms with Gasteiger partial charge in [-0.2, -0.15) is 0 Å². The third kappa shape index (κ3) is 2.18. The van der Waals surface area contributed by atoms with Gasteiger partial charge in [-0.05, 0) is 0 Å². The maximum Gasteiger partial charge on any atom is 0.335 e. The minimum Gasteiger partial charge on any atom is -0.479 e. The molecule has 8 N–H and O–H groups in total. The SMILES string of the molecule is N.O=C(O)[C@H]1OC(O)[C@H](O)[C@@H](O)[C@@H]1O. The lowest BCUT2D eigenvalue weighted by atomic mass is 9.99. The van der Waals surface area contributed by atoms with E-state index < -0.39 is 36.7 Å². The Hall–Kier alpha value is -0.770. The number of carboxylic acids is 1. The largest absolute Gasteiger partial charge is 0.479 e. The number of aliphatic hydroxyl groups excluding tert-OH is 4. The van der Waals surface area contributed by atoms with Crippen molar-refractivity contribution in [2.45, 2.75) is 30.7 Å². The molecule has 8 nitrogen and oxygen atoms in total. The first-order valence-electron chi connectivity index (χ1n) is 3.55. The molecule has 14 heavy (non-hydrogen) atoms. The molecule has 84 valence electrons. The van der Waals surface area contributed by atoms with Gasteiger partial charge in [-0.3, -0.25) is 0 Å². The highest BCUT2D eigenvalue weighted by Crippen LogP contribution is 2.19. The average molecular weight is 211 g/mol. The summed E-state index contributed by atoms with van der Waals surface area (Å²) < 4.78 is 4.34. The molecule has 8 heteroatoms. The van der Waals surface area contributed by atoms with Crippen molar-refractivity contribution in [3.8, 4) is 0 Å². The zero-order valence-corrected chi connectivity index (χ0v) is 7.15. The van der Waals surface area contributed by atoms with Crippen LogP contribution in [0.25, 0.3) is 0 Å². The van der Waals surface area contributed by atoms with Gasteiger partial charge in [0.05, 0.1) is 0 Å². The van der Waals surface area contributed by atoms with E-state index in [9.17, 15) is 4.79 Å². The highest BCUT2D eigenvalue weighted by atomic mass is 16.6. The Morgan fingerprint density at radius 3 is 1.93 bits per heavy atom. The van der Waals surface area contributed by atoms with Crippen molar-refractivity contribution >= 4 is 5.97 Å². The minimum atomic E-state index is -1.81. The van der Waals surface area contributed by atoms with Crippen molar-refractivity contribution in [3.63, 3.8) is 0 Å². The summed E-state index contributed by atoms with van der Waals surface area (Å²) in [5.41, 5.74) is 0. The Morgan fingerprint density at radius 1 is 1.00 bits per heavy atom. The molecule has 1 fully saturated rings. The molecule has 0 amide bonds. The van der Waals surface area contributed by atoms with Crippen LogP contribution < -0.4 is 6.15 Å². The fourth-order valence-electron chi connectivity index (χ4n) is 1.07. The van der Waals surface area contributed by atoms with Crippen molar-refractivity contribution in [2.24, 2.45) is 0 Å². The Kier molecular flexibility index (Phi) is 4.39. The second-order valence-electron chi connectivity index (χ2n) is 2.76. The van der Waals surface area contributed by atoms with Gasteiger partial charge in [-0.25, -0.2) is 4.79 Å². The van der Waals surface area contributed by atoms with Crippen LogP contribution in [0.2, 0.25) is 0 Å². The van der Waals surface area contributed by atoms with Crippen LogP contribution in [-0.2, 0) is 9.53 Å². The summed E-state index contributed by atoms with van der Waals surface area (Å²) in [7, 11) is 0. The second-order valence-corrected chi connectivity index (χ2v) is 2.76. The molecular weight excluding hydrogens is 198 g/mol. The van der Waals surface area contributed by atoms with E-state index in [-0.39, 0.29) is 6.15 Å². The summed E-state index contributed by atoms with van der Waals surface area (Å²) in [4.78, 5) is 10.4. The van der Waals surface area contributed by atoms with Crippen LogP contribution in [-0.4, -0.2) is 62.2 Å². The highest BCUT2D eigenvalue weighted by Gasteiger charge is 2.46. The first-order chi connectivity index (χ1) is 5.95. The van der Waals surface area contributed by atoms with E-state index in [0.717, 1.165) is 0 Å². The predicted molar refractivity (Wildman–Crippen MR) is 41.6 cm³/mol. The Balaban J connectivity index is 0.00000169. The van der Waals surface area contributed by atoms with Crippen LogP contribution >= 0.6 is 0 Å². The van der Waals surface area contributed by atoms with Gasteiger partial charge in [-0.15, -0.1) is 0 Å². The summed E-state index contributed by atoms with van der Waals surface area (Å²) in [6, 6.07) is 0. The van der Waals surface area contributed by atoms with E-state index in [0.29, 0.717) is 0 Å². The molecule has 0 aromatic heterocycles. The summed E-state index contributed by atoms with van der Waals surface area (Å²) in [6.07, 6.45) is -8.72. The number of carboxylic acid groups (broad SMARTS) is 1. The molecule has 0 saturated carbocycles. The Morgan fingerprint density at radius 2 is 1.50 bits per heavy atom. The van der Waals surface area contributed by atoms with Crippen molar-refractivity contribution in [1.29, 1.82) is 0 Å². The zero-order valence-electron chi connectivity index (χ0n) is 7.15. The summed E-state index contributed by atoms with van der Waals surface area (Å²) in [5.74, 6) is -1.52. The van der Waals surface area contributed by atoms with E-state index in [2.05, 4.69) is 4.74 Å². The first-order valence-corrected chi connectivity index (χ1v) is 3.55. The predicted octanol–water partition coefficient (Wildman–Crippen LogP) is -2.97. The third-order valence-electron chi connectivity index (χ3n) is 1.83. The summed E-state index contributed by atoms with van der Waals surface area (Å²) in [6.45, 7) is 0. The molecule has 1 saturated heterocycles. The van der Waals surface area contributed by atoms with Crippen LogP contribution in [0.3, 0.4) is 0 Å². The third-order valence-corrected chi connectivity index (χ3v) is 1.83. The quantitative estimate of drug-likeness (QED) is 0.268. The number of carbonyl (C=O) groups is 1. The number of aliphatic hydroxyl groups is 4. The molecular formula is C6H13NO7. The number of aliphatic carboxylic acids is 1. The summed E-state index contributed by atoms with van der Waals surface area (Å²) in [5, 5.41) is 44.4. The van der Waals surface area contributed by atoms with E-state index >= 15 is 0 Å². The van der Waals surface area contributed by atoms with Crippen molar-refractivity contribution in [2.75, 3.05) is 0 Å². The topological polar surface area (TPSA) is 162 Å². The number of rotatable bonds is 1. The highest BCUT2D eigenvalue weighted by molar-refractivity contribution is 5.73. The zero-order chi connectivity index (χ0) is 10.2. The Bertz CT molecular complexity index is 210. The molecule has 1 heterocycles. The standard InChI is InChI=1S/C6H10O7.H3N/c7-1-2(8)4(5(10)11)13-6(12)3(1)9;/h1-4,6-9,12H,(H,10,11);1H3/t1-,2-,3+,4-,6?;/m0./s1. The second kappa shape index (κ2) is 4.64. The van der Waals surface area contributed by atoms with Crippen LogP contribution in [0, 0.1) is 0 Å². The lowest BCUT2D eigenvalue weighted by Crippen LogP contribution is -2.59. The van der Waals surface area contributed by atoms with Gasteiger partial charge in [-0.1, -0.05) is 0 Å². The molecule has 0 aromatic carbocycles. The smallest absolute Gasteiger partial charge is 0.335 e. The molecule has 0 radical (unpaired) electrons. The monoisotopic (exact) mass is 211 g/mol. The molecule has 1 aliphatic rings. The molecule has 1 rings (SSSR count). The van der Waals surface area contributed by atoms with Crippen LogP contribution in [0.1, 0.15) is 0 Å². The normalized spacial score (nSPS) is 42.7. The van der Waals surface area contributed by atoms with Crippen molar-refractivity contribution in [3.05, 3.63) is 0 Å². The van der Waals surface area contributed by atoms with Crippen molar-refractivity contribution < 1.29 is 35.1 Å². The van der Waals surface area contributed by atoms with E-state index in [1.165, 1.54) is 0 Å². The maximum atomic E-state index is 10.4. The fourth-order valence-corrected chi connectivity index (χ4v) is 1.07. The van der Waals surface area contributed by atoms with Gasteiger partial charge in [0.1, 0.15) is 18.3 Å². The van der Waals surface area contributed by atoms with Crippen molar-refractivity contribution in [1.82, 2.24) is 6.15 Å². The molecule has 0 aliphatic carbocycles. The molecule has 1 unspecified atom stereocenters. The van der Waals surface area contributed by atoms with Crippen LogP contribution in [0.4, 0.5) is 0 Å². The lowest BCUT2D eigenvalue weighted by molar-refractivity contribution is -0.279. The fraction of sp³-hybridized carbons (Fsp3) is 0.833. The number of ether oxygens (including phenoxy) is 1.